The van der Waals surface area contributed by atoms with Gasteiger partial charge in [-0.2, -0.15) is 0 Å². The highest BCUT2D eigenvalue weighted by molar-refractivity contribution is 5.73. The number of carbonyl (C=O) groups is 1. The number of carbonyl (C=O) groups excluding carboxylic acids is 1. The van der Waals surface area contributed by atoms with Gasteiger partial charge in [0.25, 0.3) is 0 Å². The molecule has 1 aliphatic rings. The second kappa shape index (κ2) is 6.83. The van der Waals surface area contributed by atoms with E-state index in [9.17, 15) is 4.79 Å². The maximum Gasteiger partial charge on any atom is 0.217 e. The number of unbranched alkanes of at least 4 members (excludes halogenated alkanes) is 1. The van der Waals surface area contributed by atoms with Crippen molar-refractivity contribution in [3.8, 4) is 0 Å². The smallest absolute Gasteiger partial charge is 0.217 e. The van der Waals surface area contributed by atoms with E-state index in [0.717, 1.165) is 38.7 Å². The van der Waals surface area contributed by atoms with Crippen molar-refractivity contribution in [2.75, 3.05) is 6.61 Å². The molecule has 1 rings (SSSR count). The number of hydrogen-bond donors (Lipinski definition) is 1. The van der Waals surface area contributed by atoms with Crippen LogP contribution < -0.4 is 5.32 Å². The Morgan fingerprint density at radius 2 is 2.00 bits per heavy atom. The lowest BCUT2D eigenvalue weighted by Crippen LogP contribution is -2.37. The van der Waals surface area contributed by atoms with E-state index in [1.54, 1.807) is 6.92 Å². The van der Waals surface area contributed by atoms with Crippen LogP contribution in [0.4, 0.5) is 0 Å². The second-order valence-electron chi connectivity index (χ2n) is 4.40. The molecule has 0 unspecified atom stereocenters. The molecule has 0 aromatic heterocycles. The number of ether oxygens (including phenoxy) is 1. The molecule has 0 heterocycles. The third-order valence-electron chi connectivity index (χ3n) is 2.93. The van der Waals surface area contributed by atoms with Crippen molar-refractivity contribution in [1.29, 1.82) is 0 Å². The zero-order chi connectivity index (χ0) is 11.1. The molecule has 1 fully saturated rings. The fourth-order valence-corrected chi connectivity index (χ4v) is 2.06. The molecule has 88 valence electrons. The quantitative estimate of drug-likeness (QED) is 0.711. The van der Waals surface area contributed by atoms with E-state index in [0.29, 0.717) is 12.1 Å². The molecule has 0 spiro atoms. The Balaban J connectivity index is 2.10. The van der Waals surface area contributed by atoms with Crippen LogP contribution in [-0.2, 0) is 9.53 Å². The number of nitrogens with one attached hydrogen (secondary N) is 1. The van der Waals surface area contributed by atoms with E-state index in [1.165, 1.54) is 6.42 Å². The van der Waals surface area contributed by atoms with Gasteiger partial charge >= 0.3 is 0 Å². The first kappa shape index (κ1) is 12.5. The normalized spacial score (nSPS) is 26.3. The van der Waals surface area contributed by atoms with Crippen LogP contribution in [-0.4, -0.2) is 24.7 Å². The largest absolute Gasteiger partial charge is 0.378 e. The van der Waals surface area contributed by atoms with Crippen LogP contribution in [0.1, 0.15) is 52.4 Å². The Hall–Kier alpha value is -0.570. The Labute approximate surface area is 92.6 Å². The second-order valence-corrected chi connectivity index (χ2v) is 4.40. The fourth-order valence-electron chi connectivity index (χ4n) is 2.06. The molecular formula is C12H23NO2. The summed E-state index contributed by atoms with van der Waals surface area (Å²) in [4.78, 5) is 10.9. The Bertz CT molecular complexity index is 186. The SMILES string of the molecule is CCCCOC1CCC(NC(C)=O)CC1. The highest BCUT2D eigenvalue weighted by Gasteiger charge is 2.21. The molecule has 1 saturated carbocycles. The molecule has 3 nitrogen and oxygen atoms in total. The third kappa shape index (κ3) is 5.17. The predicted molar refractivity (Wildman–Crippen MR) is 60.7 cm³/mol. The zero-order valence-corrected chi connectivity index (χ0v) is 9.92. The number of hydrogen-bond acceptors (Lipinski definition) is 2. The highest BCUT2D eigenvalue weighted by Crippen LogP contribution is 2.21. The van der Waals surface area contributed by atoms with Gasteiger partial charge in [0.2, 0.25) is 5.91 Å². The molecular weight excluding hydrogens is 190 g/mol. The minimum Gasteiger partial charge on any atom is -0.378 e. The number of amides is 1. The molecule has 0 radical (unpaired) electrons. The maximum absolute atomic E-state index is 10.9. The summed E-state index contributed by atoms with van der Waals surface area (Å²) in [7, 11) is 0. The molecule has 0 saturated heterocycles. The van der Waals surface area contributed by atoms with Crippen LogP contribution in [0.5, 0.6) is 0 Å². The van der Waals surface area contributed by atoms with Gasteiger partial charge in [-0.05, 0) is 32.1 Å². The van der Waals surface area contributed by atoms with Crippen molar-refractivity contribution < 1.29 is 9.53 Å². The van der Waals surface area contributed by atoms with E-state index in [1.807, 2.05) is 0 Å². The lowest BCUT2D eigenvalue weighted by atomic mass is 9.93. The van der Waals surface area contributed by atoms with Gasteiger partial charge in [-0.3, -0.25) is 4.79 Å². The van der Waals surface area contributed by atoms with Gasteiger partial charge in [0.05, 0.1) is 6.10 Å². The molecule has 0 bridgehead atoms. The summed E-state index contributed by atoms with van der Waals surface area (Å²) in [6.45, 7) is 4.66. The molecule has 0 aromatic carbocycles. The lowest BCUT2D eigenvalue weighted by molar-refractivity contribution is -0.120. The summed E-state index contributed by atoms with van der Waals surface area (Å²) in [6.07, 6.45) is 7.10. The van der Waals surface area contributed by atoms with Gasteiger partial charge in [-0.15, -0.1) is 0 Å². The molecule has 1 aliphatic carbocycles. The highest BCUT2D eigenvalue weighted by atomic mass is 16.5. The first-order chi connectivity index (χ1) is 7.22. The first-order valence-electron chi connectivity index (χ1n) is 6.11. The van der Waals surface area contributed by atoms with Gasteiger partial charge in [0.15, 0.2) is 0 Å². The van der Waals surface area contributed by atoms with E-state index >= 15 is 0 Å². The molecule has 0 aliphatic heterocycles. The summed E-state index contributed by atoms with van der Waals surface area (Å²) >= 11 is 0. The standard InChI is InChI=1S/C12H23NO2/c1-3-4-9-15-12-7-5-11(6-8-12)13-10(2)14/h11-12H,3-9H2,1-2H3,(H,13,14). The summed E-state index contributed by atoms with van der Waals surface area (Å²) < 4.78 is 5.76. The van der Waals surface area contributed by atoms with Crippen molar-refractivity contribution in [3.05, 3.63) is 0 Å². The van der Waals surface area contributed by atoms with Crippen molar-refractivity contribution >= 4 is 5.91 Å². The monoisotopic (exact) mass is 213 g/mol. The van der Waals surface area contributed by atoms with Gasteiger partial charge < -0.3 is 10.1 Å². The zero-order valence-electron chi connectivity index (χ0n) is 9.92. The van der Waals surface area contributed by atoms with E-state index < -0.39 is 0 Å². The summed E-state index contributed by atoms with van der Waals surface area (Å²) in [6, 6.07) is 0.383. The van der Waals surface area contributed by atoms with Crippen LogP contribution in [0.3, 0.4) is 0 Å². The summed E-state index contributed by atoms with van der Waals surface area (Å²) in [5.41, 5.74) is 0. The van der Waals surface area contributed by atoms with E-state index in [2.05, 4.69) is 12.2 Å². The summed E-state index contributed by atoms with van der Waals surface area (Å²) in [5.74, 6) is 0.0883. The van der Waals surface area contributed by atoms with Crippen LogP contribution >= 0.6 is 0 Å². The topological polar surface area (TPSA) is 38.3 Å². The van der Waals surface area contributed by atoms with Crippen LogP contribution in [0.15, 0.2) is 0 Å². The van der Waals surface area contributed by atoms with Gasteiger partial charge in [0, 0.05) is 19.6 Å². The molecule has 3 heteroatoms. The van der Waals surface area contributed by atoms with Gasteiger partial charge in [-0.25, -0.2) is 0 Å². The van der Waals surface area contributed by atoms with Crippen molar-refractivity contribution in [1.82, 2.24) is 5.32 Å². The minimum absolute atomic E-state index is 0.0883. The van der Waals surface area contributed by atoms with E-state index in [-0.39, 0.29) is 5.91 Å². The molecule has 0 aromatic rings. The average molecular weight is 213 g/mol. The molecule has 1 N–H and O–H groups in total. The summed E-state index contributed by atoms with van der Waals surface area (Å²) in [5, 5.41) is 2.98. The van der Waals surface area contributed by atoms with Crippen molar-refractivity contribution in [2.24, 2.45) is 0 Å². The molecule has 0 atom stereocenters. The first-order valence-corrected chi connectivity index (χ1v) is 6.11. The predicted octanol–water partition coefficient (Wildman–Crippen LogP) is 2.25. The van der Waals surface area contributed by atoms with Crippen molar-refractivity contribution in [2.45, 2.75) is 64.5 Å². The molecule has 1 amide bonds. The fraction of sp³-hybridized carbons (Fsp3) is 0.917. The Morgan fingerprint density at radius 1 is 1.33 bits per heavy atom. The third-order valence-corrected chi connectivity index (χ3v) is 2.93. The van der Waals surface area contributed by atoms with Gasteiger partial charge in [0.1, 0.15) is 0 Å². The van der Waals surface area contributed by atoms with Crippen molar-refractivity contribution in [3.63, 3.8) is 0 Å². The van der Waals surface area contributed by atoms with E-state index in [4.69, 9.17) is 4.74 Å². The van der Waals surface area contributed by atoms with Crippen LogP contribution in [0, 0.1) is 0 Å². The average Bonchev–Trinajstić information content (AvgIpc) is 2.20. The van der Waals surface area contributed by atoms with Crippen LogP contribution in [0.25, 0.3) is 0 Å². The lowest BCUT2D eigenvalue weighted by Gasteiger charge is -2.28. The maximum atomic E-state index is 10.9. The Morgan fingerprint density at radius 3 is 2.53 bits per heavy atom. The number of rotatable bonds is 5. The van der Waals surface area contributed by atoms with Gasteiger partial charge in [-0.1, -0.05) is 13.3 Å². The minimum atomic E-state index is 0.0883. The van der Waals surface area contributed by atoms with Crippen LogP contribution in [0.2, 0.25) is 0 Å². The molecule has 15 heavy (non-hydrogen) atoms. The Kier molecular flexibility index (Phi) is 5.69.